The minimum absolute atomic E-state index is 0.0362. The summed E-state index contributed by atoms with van der Waals surface area (Å²) in [7, 11) is 2.02. The zero-order chi connectivity index (χ0) is 20.2. The fraction of sp³-hybridized carbons (Fsp3) is 0.227. The number of amides is 1. The number of rotatable bonds is 6. The molecule has 29 heavy (non-hydrogen) atoms. The van der Waals surface area contributed by atoms with Crippen LogP contribution < -0.4 is 10.6 Å². The van der Waals surface area contributed by atoms with Crippen molar-refractivity contribution in [1.29, 1.82) is 0 Å². The highest BCUT2D eigenvalue weighted by molar-refractivity contribution is 7.80. The molecule has 1 fully saturated rings. The van der Waals surface area contributed by atoms with E-state index in [2.05, 4.69) is 31.2 Å². The Bertz CT molecular complexity index is 989. The molecule has 0 radical (unpaired) electrons. The topological polar surface area (TPSA) is 62.2 Å². The van der Waals surface area contributed by atoms with E-state index in [0.29, 0.717) is 18.1 Å². The summed E-state index contributed by atoms with van der Waals surface area (Å²) < 4.78 is 2.09. The molecule has 0 aliphatic carbocycles. The zero-order valence-corrected chi connectivity index (χ0v) is 17.0. The fourth-order valence-electron chi connectivity index (χ4n) is 3.72. The molecule has 7 heteroatoms. The molecule has 1 aliphatic rings. The van der Waals surface area contributed by atoms with Crippen LogP contribution in [-0.4, -0.2) is 32.0 Å². The Hall–Kier alpha value is -3.19. The molecular weight excluding hydrogens is 382 g/mol. The third-order valence-corrected chi connectivity index (χ3v) is 5.47. The summed E-state index contributed by atoms with van der Waals surface area (Å²) in [6, 6.07) is 19.4. The van der Waals surface area contributed by atoms with Gasteiger partial charge < -0.3 is 20.1 Å². The van der Waals surface area contributed by atoms with Crippen molar-refractivity contribution >= 4 is 28.9 Å². The first kappa shape index (κ1) is 19.1. The number of para-hydroxylation sites is 1. The summed E-state index contributed by atoms with van der Waals surface area (Å²) in [5.41, 5.74) is 2.85. The molecule has 6 nitrogen and oxygen atoms in total. The van der Waals surface area contributed by atoms with Crippen LogP contribution in [0, 0.1) is 0 Å². The number of benzene rings is 1. The molecule has 0 spiro atoms. The van der Waals surface area contributed by atoms with Gasteiger partial charge in [-0.2, -0.15) is 0 Å². The standard InChI is InChI=1S/C22H23N5OS/c1-26-14-7-11-18(26)21-20(17-10-5-6-13-23-17)25-22(29)27(21)15-12-19(28)24-16-8-3-2-4-9-16/h2-11,13-14,20-21H,12,15H2,1H3,(H,24,28)(H,25,29)/t20-,21+/m0/s1. The minimum atomic E-state index is -0.0746. The number of hydrogen-bond donors (Lipinski definition) is 2. The second-order valence-corrected chi connectivity index (χ2v) is 7.41. The number of nitrogens with zero attached hydrogens (tertiary/aromatic N) is 3. The van der Waals surface area contributed by atoms with Gasteiger partial charge in [-0.1, -0.05) is 24.3 Å². The first-order valence-corrected chi connectivity index (χ1v) is 9.98. The maximum Gasteiger partial charge on any atom is 0.226 e. The smallest absolute Gasteiger partial charge is 0.226 e. The quantitative estimate of drug-likeness (QED) is 0.616. The maximum absolute atomic E-state index is 12.5. The van der Waals surface area contributed by atoms with E-state index in [0.717, 1.165) is 17.1 Å². The molecule has 2 N–H and O–H groups in total. The SMILES string of the molecule is Cn1cccc1[C@@H]1[C@H](c2ccccn2)NC(=S)N1CCC(=O)Nc1ccccc1. The Kier molecular flexibility index (Phi) is 5.57. The normalized spacial score (nSPS) is 18.5. The summed E-state index contributed by atoms with van der Waals surface area (Å²) in [5.74, 6) is -0.0362. The van der Waals surface area contributed by atoms with Crippen molar-refractivity contribution in [2.24, 2.45) is 7.05 Å². The molecule has 3 aromatic rings. The van der Waals surface area contributed by atoms with Gasteiger partial charge >= 0.3 is 0 Å². The molecule has 1 aliphatic heterocycles. The van der Waals surface area contributed by atoms with Gasteiger partial charge in [0.1, 0.15) is 0 Å². The Labute approximate surface area is 175 Å². The molecular formula is C22H23N5OS. The van der Waals surface area contributed by atoms with Crippen LogP contribution in [0.15, 0.2) is 73.1 Å². The molecule has 1 amide bonds. The molecule has 0 saturated carbocycles. The molecule has 4 rings (SSSR count). The highest BCUT2D eigenvalue weighted by Crippen LogP contribution is 2.38. The van der Waals surface area contributed by atoms with Crippen LogP contribution in [-0.2, 0) is 11.8 Å². The van der Waals surface area contributed by atoms with Crippen molar-refractivity contribution in [3.8, 4) is 0 Å². The number of nitrogens with one attached hydrogen (secondary N) is 2. The minimum Gasteiger partial charge on any atom is -0.353 e. The van der Waals surface area contributed by atoms with E-state index in [4.69, 9.17) is 12.2 Å². The molecule has 2 aromatic heterocycles. The van der Waals surface area contributed by atoms with E-state index in [1.165, 1.54) is 0 Å². The number of carbonyl (C=O) groups is 1. The maximum atomic E-state index is 12.5. The fourth-order valence-corrected chi connectivity index (χ4v) is 4.05. The van der Waals surface area contributed by atoms with Crippen LogP contribution in [0.25, 0.3) is 0 Å². The summed E-state index contributed by atoms with van der Waals surface area (Å²) in [4.78, 5) is 19.1. The lowest BCUT2D eigenvalue weighted by atomic mass is 10.0. The second-order valence-electron chi connectivity index (χ2n) is 7.03. The van der Waals surface area contributed by atoms with Gasteiger partial charge in [0.25, 0.3) is 0 Å². The van der Waals surface area contributed by atoms with Gasteiger partial charge in [0.2, 0.25) is 5.91 Å². The zero-order valence-electron chi connectivity index (χ0n) is 16.2. The van der Waals surface area contributed by atoms with Gasteiger partial charge in [0.05, 0.1) is 17.8 Å². The van der Waals surface area contributed by atoms with Gasteiger partial charge in [0.15, 0.2) is 5.11 Å². The number of thiocarbonyl (C=S) groups is 1. The van der Waals surface area contributed by atoms with Gasteiger partial charge in [-0.3, -0.25) is 9.78 Å². The van der Waals surface area contributed by atoms with Gasteiger partial charge in [-0.25, -0.2) is 0 Å². The highest BCUT2D eigenvalue weighted by atomic mass is 32.1. The third kappa shape index (κ3) is 4.14. The van der Waals surface area contributed by atoms with Crippen molar-refractivity contribution in [2.45, 2.75) is 18.5 Å². The van der Waals surface area contributed by atoms with Gasteiger partial charge in [-0.15, -0.1) is 0 Å². The summed E-state index contributed by atoms with van der Waals surface area (Å²) >= 11 is 5.64. The number of aromatic nitrogens is 2. The van der Waals surface area contributed by atoms with E-state index in [1.54, 1.807) is 6.20 Å². The molecule has 148 valence electrons. The Balaban J connectivity index is 1.53. The Morgan fingerprint density at radius 3 is 2.62 bits per heavy atom. The first-order chi connectivity index (χ1) is 14.1. The van der Waals surface area contributed by atoms with Crippen LogP contribution in [0.2, 0.25) is 0 Å². The monoisotopic (exact) mass is 405 g/mol. The van der Waals surface area contributed by atoms with Crippen molar-refractivity contribution < 1.29 is 4.79 Å². The largest absolute Gasteiger partial charge is 0.353 e. The third-order valence-electron chi connectivity index (χ3n) is 5.12. The van der Waals surface area contributed by atoms with E-state index in [1.807, 2.05) is 67.8 Å². The number of anilines is 1. The molecule has 2 atom stereocenters. The lowest BCUT2D eigenvalue weighted by Gasteiger charge is -2.28. The Morgan fingerprint density at radius 1 is 1.14 bits per heavy atom. The highest BCUT2D eigenvalue weighted by Gasteiger charge is 2.40. The summed E-state index contributed by atoms with van der Waals surface area (Å²) in [6.07, 6.45) is 4.15. The van der Waals surface area contributed by atoms with E-state index < -0.39 is 0 Å². The van der Waals surface area contributed by atoms with Crippen LogP contribution in [0.1, 0.15) is 29.9 Å². The summed E-state index contributed by atoms with van der Waals surface area (Å²) in [6.45, 7) is 0.518. The average molecular weight is 406 g/mol. The summed E-state index contributed by atoms with van der Waals surface area (Å²) in [5, 5.41) is 6.99. The Morgan fingerprint density at radius 2 is 1.93 bits per heavy atom. The van der Waals surface area contributed by atoms with Crippen molar-refractivity contribution in [2.75, 3.05) is 11.9 Å². The number of carbonyl (C=O) groups excluding carboxylic acids is 1. The molecule has 1 saturated heterocycles. The predicted octanol–water partition coefficient (Wildman–Crippen LogP) is 3.42. The van der Waals surface area contributed by atoms with Crippen LogP contribution >= 0.6 is 12.2 Å². The van der Waals surface area contributed by atoms with Crippen LogP contribution in [0.4, 0.5) is 5.69 Å². The van der Waals surface area contributed by atoms with E-state index >= 15 is 0 Å². The lowest BCUT2D eigenvalue weighted by Crippen LogP contribution is -2.33. The molecule has 3 heterocycles. The van der Waals surface area contributed by atoms with Crippen molar-refractivity contribution in [3.63, 3.8) is 0 Å². The molecule has 0 unspecified atom stereocenters. The van der Waals surface area contributed by atoms with Crippen molar-refractivity contribution in [3.05, 3.63) is 84.4 Å². The predicted molar refractivity (Wildman–Crippen MR) is 117 cm³/mol. The first-order valence-electron chi connectivity index (χ1n) is 9.57. The van der Waals surface area contributed by atoms with Crippen LogP contribution in [0.5, 0.6) is 0 Å². The van der Waals surface area contributed by atoms with E-state index in [-0.39, 0.29) is 18.0 Å². The number of pyridine rings is 1. The molecule has 1 aromatic carbocycles. The molecule has 0 bridgehead atoms. The number of aryl methyl sites for hydroxylation is 1. The number of hydrogen-bond acceptors (Lipinski definition) is 3. The van der Waals surface area contributed by atoms with Gasteiger partial charge in [-0.05, 0) is 48.6 Å². The van der Waals surface area contributed by atoms with Crippen LogP contribution in [0.3, 0.4) is 0 Å². The van der Waals surface area contributed by atoms with E-state index in [9.17, 15) is 4.79 Å². The lowest BCUT2D eigenvalue weighted by molar-refractivity contribution is -0.116. The van der Waals surface area contributed by atoms with Gasteiger partial charge in [0, 0.05) is 43.8 Å². The average Bonchev–Trinajstić information content (AvgIpc) is 3.30. The van der Waals surface area contributed by atoms with Crippen molar-refractivity contribution in [1.82, 2.24) is 19.8 Å². The second kappa shape index (κ2) is 8.45.